The highest BCUT2D eigenvalue weighted by atomic mass is 16.6. The van der Waals surface area contributed by atoms with Gasteiger partial charge in [-0.1, -0.05) is 12.1 Å². The molecule has 0 saturated carbocycles. The van der Waals surface area contributed by atoms with E-state index >= 15 is 0 Å². The molecule has 1 N–H and O–H groups in total. The summed E-state index contributed by atoms with van der Waals surface area (Å²) in [5.74, 6) is -0.356. The number of nitro groups is 2. The summed E-state index contributed by atoms with van der Waals surface area (Å²) in [6.07, 6.45) is 2.72. The first kappa shape index (κ1) is 16.8. The number of hydrogen-bond donors (Lipinski definition) is 1. The Morgan fingerprint density at radius 3 is 2.25 bits per heavy atom. The van der Waals surface area contributed by atoms with Gasteiger partial charge in [0.2, 0.25) is 0 Å². The van der Waals surface area contributed by atoms with Crippen molar-refractivity contribution in [1.29, 1.82) is 0 Å². The van der Waals surface area contributed by atoms with Crippen LogP contribution in [0.15, 0.2) is 48.5 Å². The van der Waals surface area contributed by atoms with Crippen LogP contribution in [0.4, 0.5) is 17.1 Å². The van der Waals surface area contributed by atoms with Gasteiger partial charge in [-0.2, -0.15) is 0 Å². The Hall–Kier alpha value is -3.55. The fourth-order valence-electron chi connectivity index (χ4n) is 2.03. The number of nitrogens with one attached hydrogen (secondary N) is 1. The normalized spacial score (nSPS) is 10.5. The van der Waals surface area contributed by atoms with Gasteiger partial charge in [-0.3, -0.25) is 25.0 Å². The second-order valence-electron chi connectivity index (χ2n) is 4.79. The van der Waals surface area contributed by atoms with Gasteiger partial charge in [0, 0.05) is 30.8 Å². The monoisotopic (exact) mass is 327 g/mol. The van der Waals surface area contributed by atoms with Crippen molar-refractivity contribution in [3.05, 3.63) is 79.9 Å². The van der Waals surface area contributed by atoms with Crippen LogP contribution >= 0.6 is 0 Å². The third-order valence-electron chi connectivity index (χ3n) is 3.28. The standard InChI is InChI=1S/C16H13N3O5/c1-17-14-8-2-11(10-15(14)19(23)24)3-9-16(20)12-4-6-13(7-5-12)18(21)22/h2-10,17H,1H3/b9-3+. The number of allylic oxidation sites excluding steroid dienone is 1. The molecule has 0 radical (unpaired) electrons. The van der Waals surface area contributed by atoms with E-state index in [1.165, 1.54) is 42.5 Å². The average Bonchev–Trinajstić information content (AvgIpc) is 2.59. The van der Waals surface area contributed by atoms with E-state index in [9.17, 15) is 25.0 Å². The number of nitrogens with zero attached hydrogens (tertiary/aromatic N) is 2. The highest BCUT2D eigenvalue weighted by Crippen LogP contribution is 2.25. The average molecular weight is 327 g/mol. The molecule has 0 aromatic heterocycles. The van der Waals surface area contributed by atoms with Crippen molar-refractivity contribution in [3.8, 4) is 0 Å². The molecule has 2 aromatic rings. The molecule has 2 rings (SSSR count). The number of benzene rings is 2. The second-order valence-corrected chi connectivity index (χ2v) is 4.79. The van der Waals surface area contributed by atoms with Crippen LogP contribution in [0.3, 0.4) is 0 Å². The molecule has 0 bridgehead atoms. The fraction of sp³-hybridized carbons (Fsp3) is 0.0625. The smallest absolute Gasteiger partial charge is 0.292 e. The zero-order valence-electron chi connectivity index (χ0n) is 12.6. The maximum atomic E-state index is 12.0. The van der Waals surface area contributed by atoms with Crippen molar-refractivity contribution in [2.45, 2.75) is 0 Å². The van der Waals surface area contributed by atoms with Crippen molar-refractivity contribution < 1.29 is 14.6 Å². The van der Waals surface area contributed by atoms with Gasteiger partial charge in [-0.15, -0.1) is 0 Å². The summed E-state index contributed by atoms with van der Waals surface area (Å²) in [6, 6.07) is 9.74. The summed E-state index contributed by atoms with van der Waals surface area (Å²) in [4.78, 5) is 32.6. The first-order chi connectivity index (χ1) is 11.4. The molecule has 8 heteroatoms. The molecule has 0 aliphatic rings. The van der Waals surface area contributed by atoms with Gasteiger partial charge in [-0.05, 0) is 29.8 Å². The number of anilines is 1. The summed E-state index contributed by atoms with van der Waals surface area (Å²) in [7, 11) is 1.58. The molecular weight excluding hydrogens is 314 g/mol. The molecule has 0 heterocycles. The molecule has 24 heavy (non-hydrogen) atoms. The summed E-state index contributed by atoms with van der Waals surface area (Å²) in [5.41, 5.74) is 0.962. The first-order valence-electron chi connectivity index (χ1n) is 6.85. The lowest BCUT2D eigenvalue weighted by atomic mass is 10.1. The largest absolute Gasteiger partial charge is 0.383 e. The van der Waals surface area contributed by atoms with Crippen molar-refractivity contribution in [3.63, 3.8) is 0 Å². The molecule has 122 valence electrons. The Bertz CT molecular complexity index is 828. The number of nitro benzene ring substituents is 2. The minimum atomic E-state index is -0.549. The number of carbonyl (C=O) groups excluding carboxylic acids is 1. The summed E-state index contributed by atoms with van der Waals surface area (Å²) in [5, 5.41) is 24.3. The van der Waals surface area contributed by atoms with Crippen LogP contribution in [-0.4, -0.2) is 22.7 Å². The van der Waals surface area contributed by atoms with Crippen molar-refractivity contribution in [2.24, 2.45) is 0 Å². The molecular formula is C16H13N3O5. The highest BCUT2D eigenvalue weighted by molar-refractivity contribution is 6.06. The third-order valence-corrected chi connectivity index (χ3v) is 3.28. The number of carbonyl (C=O) groups is 1. The molecule has 0 atom stereocenters. The van der Waals surface area contributed by atoms with E-state index in [4.69, 9.17) is 0 Å². The molecule has 0 aliphatic carbocycles. The Morgan fingerprint density at radius 1 is 1.04 bits per heavy atom. The van der Waals surface area contributed by atoms with Crippen LogP contribution in [0, 0.1) is 20.2 Å². The van der Waals surface area contributed by atoms with Crippen LogP contribution in [0.2, 0.25) is 0 Å². The minimum Gasteiger partial charge on any atom is -0.383 e. The van der Waals surface area contributed by atoms with Crippen molar-refractivity contribution in [1.82, 2.24) is 0 Å². The zero-order valence-corrected chi connectivity index (χ0v) is 12.6. The van der Waals surface area contributed by atoms with Gasteiger partial charge < -0.3 is 5.32 Å². The van der Waals surface area contributed by atoms with E-state index in [1.54, 1.807) is 19.2 Å². The Balaban J connectivity index is 2.20. The lowest BCUT2D eigenvalue weighted by Crippen LogP contribution is -1.97. The summed E-state index contributed by atoms with van der Waals surface area (Å²) >= 11 is 0. The van der Waals surface area contributed by atoms with Crippen LogP contribution in [0.5, 0.6) is 0 Å². The second kappa shape index (κ2) is 7.14. The van der Waals surface area contributed by atoms with Crippen LogP contribution < -0.4 is 5.32 Å². The third kappa shape index (κ3) is 3.80. The van der Waals surface area contributed by atoms with E-state index in [0.29, 0.717) is 11.3 Å². The lowest BCUT2D eigenvalue weighted by molar-refractivity contribution is -0.384. The first-order valence-corrected chi connectivity index (χ1v) is 6.85. The van der Waals surface area contributed by atoms with E-state index in [-0.39, 0.29) is 22.7 Å². The maximum absolute atomic E-state index is 12.0. The molecule has 0 fully saturated rings. The van der Waals surface area contributed by atoms with E-state index in [0.717, 1.165) is 0 Å². The summed E-state index contributed by atoms with van der Waals surface area (Å²) in [6.45, 7) is 0. The number of ketones is 1. The molecule has 0 amide bonds. The van der Waals surface area contributed by atoms with Crippen molar-refractivity contribution in [2.75, 3.05) is 12.4 Å². The van der Waals surface area contributed by atoms with Crippen LogP contribution in [0.25, 0.3) is 6.08 Å². The van der Waals surface area contributed by atoms with E-state index < -0.39 is 9.85 Å². The van der Waals surface area contributed by atoms with Crippen LogP contribution in [-0.2, 0) is 0 Å². The molecule has 2 aromatic carbocycles. The molecule has 0 spiro atoms. The van der Waals surface area contributed by atoms with Gasteiger partial charge in [0.15, 0.2) is 5.78 Å². The number of hydrogen-bond acceptors (Lipinski definition) is 6. The highest BCUT2D eigenvalue weighted by Gasteiger charge is 2.13. The summed E-state index contributed by atoms with van der Waals surface area (Å²) < 4.78 is 0. The number of rotatable bonds is 6. The number of non-ortho nitro benzene ring substituents is 1. The van der Waals surface area contributed by atoms with Gasteiger partial charge in [0.05, 0.1) is 9.85 Å². The fourth-order valence-corrected chi connectivity index (χ4v) is 2.03. The van der Waals surface area contributed by atoms with Gasteiger partial charge in [-0.25, -0.2) is 0 Å². The lowest BCUT2D eigenvalue weighted by Gasteiger charge is -2.02. The predicted octanol–water partition coefficient (Wildman–Crippen LogP) is 3.44. The van der Waals surface area contributed by atoms with Gasteiger partial charge in [0.25, 0.3) is 11.4 Å². The van der Waals surface area contributed by atoms with E-state index in [2.05, 4.69) is 5.32 Å². The van der Waals surface area contributed by atoms with Crippen molar-refractivity contribution >= 4 is 28.9 Å². The maximum Gasteiger partial charge on any atom is 0.292 e. The molecule has 0 aliphatic heterocycles. The Kier molecular flexibility index (Phi) is 5.00. The Morgan fingerprint density at radius 2 is 1.71 bits per heavy atom. The minimum absolute atomic E-state index is 0.0950. The molecule has 0 saturated heterocycles. The van der Waals surface area contributed by atoms with E-state index in [1.807, 2.05) is 0 Å². The topological polar surface area (TPSA) is 115 Å². The van der Waals surface area contributed by atoms with Crippen LogP contribution in [0.1, 0.15) is 15.9 Å². The van der Waals surface area contributed by atoms with Gasteiger partial charge >= 0.3 is 0 Å². The SMILES string of the molecule is CNc1ccc(/C=C/C(=O)c2ccc([N+](=O)[O-])cc2)cc1[N+](=O)[O-]. The predicted molar refractivity (Wildman–Crippen MR) is 89.1 cm³/mol. The van der Waals surface area contributed by atoms with Gasteiger partial charge in [0.1, 0.15) is 5.69 Å². The Labute approximate surface area is 136 Å². The quantitative estimate of drug-likeness (QED) is 0.376. The zero-order chi connectivity index (χ0) is 17.7. The molecule has 8 nitrogen and oxygen atoms in total. The molecule has 0 unspecified atom stereocenters.